The molecule has 0 rings (SSSR count). The molecule has 0 spiro atoms. The Kier molecular flexibility index (Phi) is 7.24. The first-order chi connectivity index (χ1) is 6.65. The molecule has 0 N–H and O–H groups in total. The second-order valence-corrected chi connectivity index (χ2v) is 2.78. The smallest absolute Gasteiger partial charge is 0.218 e. The van der Waals surface area contributed by atoms with Crippen molar-refractivity contribution in [2.24, 2.45) is 0 Å². The van der Waals surface area contributed by atoms with Gasteiger partial charge in [-0.25, -0.2) is 0 Å². The van der Waals surface area contributed by atoms with Crippen LogP contribution in [-0.2, 0) is 19.1 Å². The number of hydrogen-bond donors (Lipinski definition) is 0. The largest absolute Gasteiger partial charge is 0.346 e. The first-order valence-corrected chi connectivity index (χ1v) is 4.93. The van der Waals surface area contributed by atoms with Crippen molar-refractivity contribution in [1.29, 1.82) is 0 Å². The third-order valence-electron chi connectivity index (χ3n) is 1.66. The summed E-state index contributed by atoms with van der Waals surface area (Å²) in [5, 5.41) is 0. The van der Waals surface area contributed by atoms with Crippen molar-refractivity contribution in [3.05, 3.63) is 0 Å². The number of Topliss-reactive ketones (excluding diaryl/α,β-unsaturated/α-hetero) is 2. The zero-order valence-corrected chi connectivity index (χ0v) is 9.04. The molecule has 0 aliphatic carbocycles. The Bertz CT molecular complexity index is 183. The number of ether oxygens (including phenoxy) is 2. The molecule has 0 amide bonds. The van der Waals surface area contributed by atoms with Crippen LogP contribution in [0.3, 0.4) is 0 Å². The summed E-state index contributed by atoms with van der Waals surface area (Å²) in [6.45, 7) is 6.08. The van der Waals surface area contributed by atoms with Gasteiger partial charge in [0, 0.05) is 19.6 Å². The minimum absolute atomic E-state index is 0.0839. The summed E-state index contributed by atoms with van der Waals surface area (Å²) in [5.41, 5.74) is 0. The van der Waals surface area contributed by atoms with E-state index in [-0.39, 0.29) is 18.0 Å². The van der Waals surface area contributed by atoms with Crippen molar-refractivity contribution in [3.63, 3.8) is 0 Å². The summed E-state index contributed by atoms with van der Waals surface area (Å²) >= 11 is 0. The Labute approximate surface area is 84.6 Å². The van der Waals surface area contributed by atoms with Gasteiger partial charge in [-0.3, -0.25) is 9.59 Å². The van der Waals surface area contributed by atoms with Gasteiger partial charge in [0.05, 0.1) is 6.42 Å². The summed E-state index contributed by atoms with van der Waals surface area (Å²) in [4.78, 5) is 22.4. The third kappa shape index (κ3) is 5.09. The quantitative estimate of drug-likeness (QED) is 0.440. The Balaban J connectivity index is 4.06. The Hall–Kier alpha value is -0.740. The molecular weight excluding hydrogens is 184 g/mol. The predicted octanol–water partition coefficient (Wildman–Crippen LogP) is 1.32. The van der Waals surface area contributed by atoms with Crippen LogP contribution in [0.1, 0.15) is 33.6 Å². The fourth-order valence-electron chi connectivity index (χ4n) is 0.939. The van der Waals surface area contributed by atoms with Crippen molar-refractivity contribution < 1.29 is 19.1 Å². The Morgan fingerprint density at radius 1 is 1.07 bits per heavy atom. The van der Waals surface area contributed by atoms with Gasteiger partial charge in [0.15, 0.2) is 5.78 Å². The molecular formula is C10H18O4. The lowest BCUT2D eigenvalue weighted by Gasteiger charge is -2.14. The summed E-state index contributed by atoms with van der Waals surface area (Å²) in [6.07, 6.45) is -0.599. The summed E-state index contributed by atoms with van der Waals surface area (Å²) in [6, 6.07) is 0. The van der Waals surface area contributed by atoms with Crippen molar-refractivity contribution in [2.45, 2.75) is 39.9 Å². The molecule has 14 heavy (non-hydrogen) atoms. The maximum Gasteiger partial charge on any atom is 0.218 e. The van der Waals surface area contributed by atoms with E-state index in [1.54, 1.807) is 20.8 Å². The lowest BCUT2D eigenvalue weighted by Crippen LogP contribution is -2.29. The molecule has 0 radical (unpaired) electrons. The standard InChI is InChI=1S/C10H18O4/c1-4-8(11)7-9(12)10(13-5-2)14-6-3/h10H,4-7H2,1-3H3. The van der Waals surface area contributed by atoms with Crippen LogP contribution in [0.4, 0.5) is 0 Å². The molecule has 0 aromatic carbocycles. The summed E-state index contributed by atoms with van der Waals surface area (Å²) in [5.74, 6) is -0.375. The van der Waals surface area contributed by atoms with Crippen LogP contribution in [0.5, 0.6) is 0 Å². The molecule has 4 heteroatoms. The maximum atomic E-state index is 11.4. The lowest BCUT2D eigenvalue weighted by atomic mass is 10.1. The molecule has 0 unspecified atom stereocenters. The highest BCUT2D eigenvalue weighted by Gasteiger charge is 2.20. The monoisotopic (exact) mass is 202 g/mol. The van der Waals surface area contributed by atoms with E-state index in [0.29, 0.717) is 19.6 Å². The molecule has 0 atom stereocenters. The van der Waals surface area contributed by atoms with Crippen molar-refractivity contribution in [2.75, 3.05) is 13.2 Å². The van der Waals surface area contributed by atoms with Gasteiger partial charge in [0.2, 0.25) is 6.29 Å². The summed E-state index contributed by atoms with van der Waals surface area (Å²) < 4.78 is 10.1. The van der Waals surface area contributed by atoms with Gasteiger partial charge in [-0.15, -0.1) is 0 Å². The summed E-state index contributed by atoms with van der Waals surface area (Å²) in [7, 11) is 0. The van der Waals surface area contributed by atoms with Gasteiger partial charge in [0.1, 0.15) is 5.78 Å². The Morgan fingerprint density at radius 3 is 1.93 bits per heavy atom. The van der Waals surface area contributed by atoms with Gasteiger partial charge in [-0.05, 0) is 13.8 Å². The molecule has 0 bridgehead atoms. The number of hydrogen-bond acceptors (Lipinski definition) is 4. The molecule has 0 aromatic heterocycles. The minimum atomic E-state index is -0.875. The van der Waals surface area contributed by atoms with Crippen molar-refractivity contribution in [1.82, 2.24) is 0 Å². The molecule has 0 aromatic rings. The zero-order chi connectivity index (χ0) is 11.0. The van der Waals surface area contributed by atoms with Gasteiger partial charge < -0.3 is 9.47 Å². The molecule has 0 saturated carbocycles. The maximum absolute atomic E-state index is 11.4. The van der Waals surface area contributed by atoms with Crippen LogP contribution in [-0.4, -0.2) is 31.1 Å². The molecule has 0 aliphatic rings. The molecule has 0 aliphatic heterocycles. The van der Waals surface area contributed by atoms with Gasteiger partial charge in [-0.2, -0.15) is 0 Å². The van der Waals surface area contributed by atoms with Crippen LogP contribution < -0.4 is 0 Å². The fraction of sp³-hybridized carbons (Fsp3) is 0.800. The van der Waals surface area contributed by atoms with Gasteiger partial charge >= 0.3 is 0 Å². The van der Waals surface area contributed by atoms with Crippen LogP contribution >= 0.6 is 0 Å². The van der Waals surface area contributed by atoms with Crippen LogP contribution in [0.25, 0.3) is 0 Å². The number of ketones is 2. The van der Waals surface area contributed by atoms with E-state index in [2.05, 4.69) is 0 Å². The van der Waals surface area contributed by atoms with E-state index >= 15 is 0 Å². The zero-order valence-electron chi connectivity index (χ0n) is 9.04. The first-order valence-electron chi connectivity index (χ1n) is 4.93. The third-order valence-corrected chi connectivity index (χ3v) is 1.66. The number of rotatable bonds is 8. The van der Waals surface area contributed by atoms with E-state index in [9.17, 15) is 9.59 Å². The van der Waals surface area contributed by atoms with Crippen LogP contribution in [0.2, 0.25) is 0 Å². The number of carbonyl (C=O) groups is 2. The van der Waals surface area contributed by atoms with Crippen molar-refractivity contribution in [3.8, 4) is 0 Å². The average molecular weight is 202 g/mol. The SMILES string of the molecule is CCOC(OCC)C(=O)CC(=O)CC. The highest BCUT2D eigenvalue weighted by molar-refractivity contribution is 6.00. The van der Waals surface area contributed by atoms with Crippen LogP contribution in [0.15, 0.2) is 0 Å². The molecule has 4 nitrogen and oxygen atoms in total. The van der Waals surface area contributed by atoms with E-state index < -0.39 is 6.29 Å². The normalized spacial score (nSPS) is 10.6. The van der Waals surface area contributed by atoms with E-state index in [1.165, 1.54) is 0 Å². The topological polar surface area (TPSA) is 52.6 Å². The first kappa shape index (κ1) is 13.3. The highest BCUT2D eigenvalue weighted by atomic mass is 16.7. The highest BCUT2D eigenvalue weighted by Crippen LogP contribution is 2.02. The second kappa shape index (κ2) is 7.64. The molecule has 0 fully saturated rings. The minimum Gasteiger partial charge on any atom is -0.346 e. The van der Waals surface area contributed by atoms with Gasteiger partial charge in [0.25, 0.3) is 0 Å². The second-order valence-electron chi connectivity index (χ2n) is 2.78. The van der Waals surface area contributed by atoms with Crippen LogP contribution in [0, 0.1) is 0 Å². The lowest BCUT2D eigenvalue weighted by molar-refractivity contribution is -0.168. The molecule has 82 valence electrons. The fourth-order valence-corrected chi connectivity index (χ4v) is 0.939. The number of carbonyl (C=O) groups excluding carboxylic acids is 2. The van der Waals surface area contributed by atoms with Crippen molar-refractivity contribution >= 4 is 11.6 Å². The van der Waals surface area contributed by atoms with E-state index in [1.807, 2.05) is 0 Å². The molecule has 0 heterocycles. The molecule has 0 saturated heterocycles. The Morgan fingerprint density at radius 2 is 1.57 bits per heavy atom. The average Bonchev–Trinajstić information content (AvgIpc) is 2.17. The predicted molar refractivity (Wildman–Crippen MR) is 52.0 cm³/mol. The van der Waals surface area contributed by atoms with Gasteiger partial charge in [-0.1, -0.05) is 6.92 Å². The van der Waals surface area contributed by atoms with E-state index in [0.717, 1.165) is 0 Å². The van der Waals surface area contributed by atoms with E-state index in [4.69, 9.17) is 9.47 Å².